The number of hydrogen-bond donors (Lipinski definition) is 2. The van der Waals surface area contributed by atoms with Gasteiger partial charge in [-0.2, -0.15) is 5.53 Å². The summed E-state index contributed by atoms with van der Waals surface area (Å²) in [6.45, 7) is 2.24. The second kappa shape index (κ2) is 5.34. The Kier molecular flexibility index (Phi) is 4.01. The second-order valence-electron chi connectivity index (χ2n) is 3.01. The monoisotopic (exact) mass is 183 g/mol. The number of hydrogen-bond acceptors (Lipinski definition) is 4. The average molecular weight is 183 g/mol. The van der Waals surface area contributed by atoms with Crippen molar-refractivity contribution in [2.45, 2.75) is 18.9 Å². The van der Waals surface area contributed by atoms with Crippen molar-refractivity contribution in [2.24, 2.45) is 10.3 Å². The minimum absolute atomic E-state index is 0.305. The maximum Gasteiger partial charge on any atom is 0.0774 e. The van der Waals surface area contributed by atoms with Gasteiger partial charge in [-0.25, -0.2) is 0 Å². The molecule has 0 amide bonds. The minimum Gasteiger partial charge on any atom is -0.298 e. The number of azide groups is 1. The summed E-state index contributed by atoms with van der Waals surface area (Å²) in [5.74, 6) is 0. The SMILES string of the molecule is [N-]=[N+]=NCN1CCC(NN=N)CC1. The van der Waals surface area contributed by atoms with Gasteiger partial charge in [-0.3, -0.25) is 10.3 Å². The lowest BCUT2D eigenvalue weighted by atomic mass is 10.1. The van der Waals surface area contributed by atoms with Crippen molar-refractivity contribution < 1.29 is 0 Å². The average Bonchev–Trinajstić information content (AvgIpc) is 2.17. The molecule has 0 saturated carbocycles. The van der Waals surface area contributed by atoms with E-state index in [0.717, 1.165) is 25.9 Å². The van der Waals surface area contributed by atoms with Crippen molar-refractivity contribution in [1.29, 1.82) is 5.53 Å². The van der Waals surface area contributed by atoms with E-state index in [1.807, 2.05) is 0 Å². The van der Waals surface area contributed by atoms with Gasteiger partial charge in [-0.15, -0.1) is 0 Å². The molecule has 7 nitrogen and oxygen atoms in total. The van der Waals surface area contributed by atoms with Crippen LogP contribution < -0.4 is 5.43 Å². The first-order chi connectivity index (χ1) is 6.36. The van der Waals surface area contributed by atoms with Crippen LogP contribution in [0.4, 0.5) is 0 Å². The molecule has 2 N–H and O–H groups in total. The number of likely N-dealkylation sites (tertiary alicyclic amines) is 1. The number of rotatable bonds is 4. The van der Waals surface area contributed by atoms with Crippen molar-refractivity contribution in [3.05, 3.63) is 10.4 Å². The number of piperidine rings is 1. The molecule has 72 valence electrons. The predicted molar refractivity (Wildman–Crippen MR) is 46.9 cm³/mol. The van der Waals surface area contributed by atoms with Gasteiger partial charge >= 0.3 is 0 Å². The Labute approximate surface area is 76.2 Å². The van der Waals surface area contributed by atoms with Crippen LogP contribution in [0.15, 0.2) is 10.3 Å². The summed E-state index contributed by atoms with van der Waals surface area (Å²) in [4.78, 5) is 4.79. The lowest BCUT2D eigenvalue weighted by Crippen LogP contribution is -2.40. The Morgan fingerprint density at radius 1 is 1.54 bits per heavy atom. The number of nitrogens with zero attached hydrogens (tertiary/aromatic N) is 5. The Balaban J connectivity index is 2.21. The van der Waals surface area contributed by atoms with Crippen molar-refractivity contribution in [3.63, 3.8) is 0 Å². The molecule has 0 atom stereocenters. The maximum absolute atomic E-state index is 8.11. The van der Waals surface area contributed by atoms with Crippen LogP contribution in [0.1, 0.15) is 12.8 Å². The summed E-state index contributed by atoms with van der Waals surface area (Å²) >= 11 is 0. The highest BCUT2D eigenvalue weighted by atomic mass is 15.4. The first-order valence-electron chi connectivity index (χ1n) is 4.22. The van der Waals surface area contributed by atoms with Crippen LogP contribution in [0.2, 0.25) is 0 Å². The van der Waals surface area contributed by atoms with E-state index in [-0.39, 0.29) is 0 Å². The molecular weight excluding hydrogens is 170 g/mol. The Bertz CT molecular complexity index is 201. The van der Waals surface area contributed by atoms with Crippen LogP contribution in [0.3, 0.4) is 0 Å². The fourth-order valence-corrected chi connectivity index (χ4v) is 1.41. The van der Waals surface area contributed by atoms with Crippen LogP contribution in [0.25, 0.3) is 10.4 Å². The van der Waals surface area contributed by atoms with E-state index < -0.39 is 0 Å². The summed E-state index contributed by atoms with van der Waals surface area (Å²) in [7, 11) is 0. The van der Waals surface area contributed by atoms with Gasteiger partial charge in [0.15, 0.2) is 0 Å². The third-order valence-electron chi connectivity index (χ3n) is 2.16. The largest absolute Gasteiger partial charge is 0.298 e. The third kappa shape index (κ3) is 3.27. The zero-order valence-electron chi connectivity index (χ0n) is 7.35. The number of nitrogens with one attached hydrogen (secondary N) is 2. The van der Waals surface area contributed by atoms with Crippen LogP contribution in [-0.2, 0) is 0 Å². The molecule has 0 unspecified atom stereocenters. The second-order valence-corrected chi connectivity index (χ2v) is 3.01. The normalized spacial score (nSPS) is 19.1. The molecule has 13 heavy (non-hydrogen) atoms. The molecule has 0 spiro atoms. The summed E-state index contributed by atoms with van der Waals surface area (Å²) in [6, 6.07) is 0.305. The zero-order valence-corrected chi connectivity index (χ0v) is 7.35. The molecule has 7 heteroatoms. The molecule has 0 aromatic rings. The van der Waals surface area contributed by atoms with Crippen LogP contribution >= 0.6 is 0 Å². The first kappa shape index (κ1) is 9.76. The molecule has 1 rings (SSSR count). The summed E-state index contributed by atoms with van der Waals surface area (Å²) in [5, 5.41) is 6.64. The molecule has 0 aromatic carbocycles. The highest BCUT2D eigenvalue weighted by Gasteiger charge is 2.17. The molecule has 0 bridgehead atoms. The van der Waals surface area contributed by atoms with Gasteiger partial charge in [0.25, 0.3) is 0 Å². The quantitative estimate of drug-likeness (QED) is 0.296. The maximum atomic E-state index is 8.11. The van der Waals surface area contributed by atoms with Crippen molar-refractivity contribution in [1.82, 2.24) is 10.3 Å². The predicted octanol–water partition coefficient (Wildman–Crippen LogP) is 1.25. The van der Waals surface area contributed by atoms with E-state index in [9.17, 15) is 0 Å². The summed E-state index contributed by atoms with van der Waals surface area (Å²) < 4.78 is 0. The van der Waals surface area contributed by atoms with Crippen molar-refractivity contribution >= 4 is 0 Å². The molecule has 1 heterocycles. The Hall–Kier alpha value is -1.33. The van der Waals surface area contributed by atoms with E-state index in [2.05, 4.69) is 25.6 Å². The fourth-order valence-electron chi connectivity index (χ4n) is 1.41. The summed E-state index contributed by atoms with van der Waals surface area (Å²) in [6.07, 6.45) is 1.90. The van der Waals surface area contributed by atoms with Gasteiger partial charge in [0.1, 0.15) is 0 Å². The zero-order chi connectivity index (χ0) is 9.52. The summed E-state index contributed by atoms with van der Waals surface area (Å²) in [5.41, 5.74) is 17.5. The van der Waals surface area contributed by atoms with Crippen LogP contribution in [0, 0.1) is 5.53 Å². The van der Waals surface area contributed by atoms with Crippen molar-refractivity contribution in [3.8, 4) is 0 Å². The van der Waals surface area contributed by atoms with Gasteiger partial charge in [-0.1, -0.05) is 10.3 Å². The van der Waals surface area contributed by atoms with Gasteiger partial charge < -0.3 is 0 Å². The highest BCUT2D eigenvalue weighted by molar-refractivity contribution is 4.74. The van der Waals surface area contributed by atoms with E-state index in [4.69, 9.17) is 11.1 Å². The van der Waals surface area contributed by atoms with Crippen LogP contribution in [0.5, 0.6) is 0 Å². The topological polar surface area (TPSA) is 100 Å². The Morgan fingerprint density at radius 2 is 2.23 bits per heavy atom. The van der Waals surface area contributed by atoms with Gasteiger partial charge in [0, 0.05) is 24.0 Å². The fraction of sp³-hybridized carbons (Fsp3) is 1.00. The van der Waals surface area contributed by atoms with E-state index in [1.54, 1.807) is 0 Å². The van der Waals surface area contributed by atoms with E-state index >= 15 is 0 Å². The molecular formula is C6H13N7. The smallest absolute Gasteiger partial charge is 0.0774 e. The molecule has 1 saturated heterocycles. The van der Waals surface area contributed by atoms with Crippen LogP contribution in [-0.4, -0.2) is 30.7 Å². The highest BCUT2D eigenvalue weighted by Crippen LogP contribution is 2.09. The first-order valence-corrected chi connectivity index (χ1v) is 4.22. The molecule has 1 fully saturated rings. The van der Waals surface area contributed by atoms with E-state index in [1.165, 1.54) is 0 Å². The molecule has 1 aliphatic heterocycles. The Morgan fingerprint density at radius 3 is 2.77 bits per heavy atom. The van der Waals surface area contributed by atoms with E-state index in [0.29, 0.717) is 12.7 Å². The molecule has 1 aliphatic rings. The minimum atomic E-state index is 0.305. The van der Waals surface area contributed by atoms with Crippen molar-refractivity contribution in [2.75, 3.05) is 19.8 Å². The van der Waals surface area contributed by atoms with Gasteiger partial charge in [0.05, 0.1) is 6.67 Å². The molecule has 0 aliphatic carbocycles. The lowest BCUT2D eigenvalue weighted by molar-refractivity contribution is 0.201. The standard InChI is InChI=1S/C6H13N7/c7-11-9-5-13-3-1-6(2-4-13)10-12-8/h6H,1-5H2,(H2,8,10). The van der Waals surface area contributed by atoms with Gasteiger partial charge in [0.2, 0.25) is 0 Å². The molecule has 0 radical (unpaired) electrons. The molecule has 0 aromatic heterocycles. The van der Waals surface area contributed by atoms with Gasteiger partial charge in [-0.05, 0) is 18.4 Å². The third-order valence-corrected chi connectivity index (χ3v) is 2.16. The lowest BCUT2D eigenvalue weighted by Gasteiger charge is -2.29.